The fraction of sp³-hybridized carbons (Fsp3) is 0.360. The van der Waals surface area contributed by atoms with E-state index in [1.54, 1.807) is 11.3 Å². The number of thiazole rings is 1. The summed E-state index contributed by atoms with van der Waals surface area (Å²) in [6, 6.07) is 18.7. The molecule has 0 bridgehead atoms. The Morgan fingerprint density at radius 2 is 1.81 bits per heavy atom. The van der Waals surface area contributed by atoms with Crippen LogP contribution < -0.4 is 10.2 Å². The minimum atomic E-state index is 0.0930. The molecule has 4 rings (SSSR count). The number of carbonyl (C=O) groups excluding carboxylic acids is 1. The number of rotatable bonds is 8. The van der Waals surface area contributed by atoms with Crippen molar-refractivity contribution >= 4 is 38.3 Å². The molecule has 1 amide bonds. The summed E-state index contributed by atoms with van der Waals surface area (Å²) in [4.78, 5) is 20.2. The van der Waals surface area contributed by atoms with Crippen LogP contribution >= 0.6 is 27.3 Å². The highest BCUT2D eigenvalue weighted by Gasteiger charge is 2.28. The average Bonchev–Trinajstić information content (AvgIpc) is 3.30. The monoisotopic (exact) mass is 497 g/mol. The molecule has 0 spiro atoms. The molecule has 3 aromatic rings. The Bertz CT molecular complexity index is 968. The molecule has 162 valence electrons. The fourth-order valence-corrected chi connectivity index (χ4v) is 5.10. The summed E-state index contributed by atoms with van der Waals surface area (Å²) in [6.45, 7) is 2.56. The number of carbonyl (C=O) groups is 1. The molecule has 4 nitrogen and oxygen atoms in total. The number of benzene rings is 2. The number of halogens is 1. The molecular weight excluding hydrogens is 470 g/mol. The van der Waals surface area contributed by atoms with Gasteiger partial charge in [-0.2, -0.15) is 0 Å². The molecule has 1 N–H and O–H groups in total. The second kappa shape index (κ2) is 11.0. The van der Waals surface area contributed by atoms with Crippen LogP contribution in [0.5, 0.6) is 0 Å². The molecule has 1 aliphatic rings. The Hall–Kier alpha value is -2.02. The minimum absolute atomic E-state index is 0.0930. The maximum Gasteiger partial charge on any atom is 0.231 e. The highest BCUT2D eigenvalue weighted by molar-refractivity contribution is 9.10. The molecule has 0 radical (unpaired) electrons. The topological polar surface area (TPSA) is 45.2 Å². The zero-order valence-electron chi connectivity index (χ0n) is 17.6. The lowest BCUT2D eigenvalue weighted by atomic mass is 9.96. The summed E-state index contributed by atoms with van der Waals surface area (Å²) >= 11 is 5.06. The number of nitrogens with zero attached hydrogens (tertiary/aromatic N) is 2. The van der Waals surface area contributed by atoms with Crippen molar-refractivity contribution in [1.82, 2.24) is 10.3 Å². The van der Waals surface area contributed by atoms with Gasteiger partial charge in [0.25, 0.3) is 0 Å². The molecule has 1 fully saturated rings. The van der Waals surface area contributed by atoms with E-state index in [-0.39, 0.29) is 11.8 Å². The van der Waals surface area contributed by atoms with Crippen molar-refractivity contribution < 1.29 is 4.79 Å². The normalized spacial score (nSPS) is 14.5. The van der Waals surface area contributed by atoms with Crippen molar-refractivity contribution in [3.05, 3.63) is 70.0 Å². The van der Waals surface area contributed by atoms with Crippen LogP contribution in [-0.2, 0) is 11.2 Å². The van der Waals surface area contributed by atoms with Crippen LogP contribution in [0.3, 0.4) is 0 Å². The summed E-state index contributed by atoms with van der Waals surface area (Å²) < 4.78 is 1.05. The number of nitrogens with one attached hydrogen (secondary N) is 1. The van der Waals surface area contributed by atoms with E-state index in [9.17, 15) is 4.79 Å². The van der Waals surface area contributed by atoms with E-state index in [1.807, 2.05) is 17.0 Å². The standard InChI is InChI=1S/C25H28BrN3OS/c26-22-11-9-20(10-12-22)23-18-31-25(28-23)29(24(30)21-13-15-27-16-14-21)17-5-4-8-19-6-2-1-3-7-19/h1-3,6-7,9-12,18,21,27H,4-5,8,13-17H2. The third-order valence-electron chi connectivity index (χ3n) is 5.76. The Balaban J connectivity index is 1.46. The summed E-state index contributed by atoms with van der Waals surface area (Å²) in [7, 11) is 0. The molecule has 0 aliphatic carbocycles. The van der Waals surface area contributed by atoms with Crippen molar-refractivity contribution in [3.8, 4) is 11.3 Å². The van der Waals surface area contributed by atoms with E-state index >= 15 is 0 Å². The molecular formula is C25H28BrN3OS. The van der Waals surface area contributed by atoms with Crippen molar-refractivity contribution in [3.63, 3.8) is 0 Å². The van der Waals surface area contributed by atoms with Gasteiger partial charge in [0.2, 0.25) is 5.91 Å². The van der Waals surface area contributed by atoms with Gasteiger partial charge in [-0.15, -0.1) is 11.3 Å². The first-order valence-electron chi connectivity index (χ1n) is 11.0. The molecule has 2 aromatic carbocycles. The van der Waals surface area contributed by atoms with E-state index in [4.69, 9.17) is 4.98 Å². The van der Waals surface area contributed by atoms with Crippen LogP contribution in [0.2, 0.25) is 0 Å². The second-order valence-corrected chi connectivity index (χ2v) is 9.73. The quantitative estimate of drug-likeness (QED) is 0.392. The van der Waals surface area contributed by atoms with Crippen LogP contribution in [0.15, 0.2) is 64.5 Å². The number of piperidine rings is 1. The number of hydrogen-bond acceptors (Lipinski definition) is 4. The molecule has 6 heteroatoms. The lowest BCUT2D eigenvalue weighted by molar-refractivity contribution is -0.123. The minimum Gasteiger partial charge on any atom is -0.317 e. The molecule has 1 aromatic heterocycles. The van der Waals surface area contributed by atoms with Gasteiger partial charge in [0.05, 0.1) is 5.69 Å². The Morgan fingerprint density at radius 1 is 1.06 bits per heavy atom. The molecule has 31 heavy (non-hydrogen) atoms. The number of unbranched alkanes of at least 4 members (excludes halogenated alkanes) is 1. The van der Waals surface area contributed by atoms with Crippen LogP contribution in [-0.4, -0.2) is 30.5 Å². The van der Waals surface area contributed by atoms with E-state index in [1.165, 1.54) is 5.56 Å². The number of aromatic nitrogens is 1. The zero-order chi connectivity index (χ0) is 21.5. The molecule has 1 saturated heterocycles. The maximum atomic E-state index is 13.4. The van der Waals surface area contributed by atoms with Gasteiger partial charge in [-0.3, -0.25) is 9.69 Å². The lowest BCUT2D eigenvalue weighted by Gasteiger charge is -2.28. The second-order valence-electron chi connectivity index (χ2n) is 7.98. The van der Waals surface area contributed by atoms with Gasteiger partial charge < -0.3 is 5.32 Å². The largest absolute Gasteiger partial charge is 0.317 e. The van der Waals surface area contributed by atoms with E-state index < -0.39 is 0 Å². The first-order chi connectivity index (χ1) is 15.2. The molecule has 2 heterocycles. The van der Waals surface area contributed by atoms with Gasteiger partial charge in [-0.1, -0.05) is 58.4 Å². The summed E-state index contributed by atoms with van der Waals surface area (Å²) in [5.74, 6) is 0.327. The Morgan fingerprint density at radius 3 is 2.55 bits per heavy atom. The highest BCUT2D eigenvalue weighted by atomic mass is 79.9. The van der Waals surface area contributed by atoms with Crippen LogP contribution in [0.1, 0.15) is 31.2 Å². The van der Waals surface area contributed by atoms with Gasteiger partial charge in [0.15, 0.2) is 5.13 Å². The molecule has 0 unspecified atom stereocenters. The van der Waals surface area contributed by atoms with Gasteiger partial charge >= 0.3 is 0 Å². The Kier molecular flexibility index (Phi) is 7.89. The smallest absolute Gasteiger partial charge is 0.231 e. The third kappa shape index (κ3) is 6.03. The third-order valence-corrected chi connectivity index (χ3v) is 7.15. The molecule has 0 atom stereocenters. The highest BCUT2D eigenvalue weighted by Crippen LogP contribution is 2.30. The SMILES string of the molecule is O=C(C1CCNCC1)N(CCCCc1ccccc1)c1nc(-c2ccc(Br)cc2)cs1. The van der Waals surface area contributed by atoms with Crippen LogP contribution in [0, 0.1) is 5.92 Å². The van der Waals surface area contributed by atoms with Crippen molar-refractivity contribution in [2.24, 2.45) is 5.92 Å². The van der Waals surface area contributed by atoms with E-state index in [0.29, 0.717) is 0 Å². The van der Waals surface area contributed by atoms with Gasteiger partial charge in [0.1, 0.15) is 0 Å². The van der Waals surface area contributed by atoms with Crippen LogP contribution in [0.4, 0.5) is 5.13 Å². The van der Waals surface area contributed by atoms with Gasteiger partial charge in [-0.25, -0.2) is 4.98 Å². The van der Waals surface area contributed by atoms with E-state index in [0.717, 1.165) is 72.6 Å². The fourth-order valence-electron chi connectivity index (χ4n) is 3.97. The van der Waals surface area contributed by atoms with Crippen molar-refractivity contribution in [2.75, 3.05) is 24.5 Å². The predicted octanol–water partition coefficient (Wildman–Crippen LogP) is 5.93. The summed E-state index contributed by atoms with van der Waals surface area (Å²) in [5, 5.41) is 6.24. The maximum absolute atomic E-state index is 13.4. The molecule has 1 aliphatic heterocycles. The zero-order valence-corrected chi connectivity index (χ0v) is 20.0. The summed E-state index contributed by atoms with van der Waals surface area (Å²) in [6.07, 6.45) is 4.89. The average molecular weight is 498 g/mol. The predicted molar refractivity (Wildman–Crippen MR) is 133 cm³/mol. The first-order valence-corrected chi connectivity index (χ1v) is 12.7. The van der Waals surface area contributed by atoms with E-state index in [2.05, 4.69) is 69.1 Å². The van der Waals surface area contributed by atoms with Gasteiger partial charge in [-0.05, 0) is 62.9 Å². The van der Waals surface area contributed by atoms with Crippen molar-refractivity contribution in [1.29, 1.82) is 0 Å². The van der Waals surface area contributed by atoms with Crippen LogP contribution in [0.25, 0.3) is 11.3 Å². The van der Waals surface area contributed by atoms with Crippen molar-refractivity contribution in [2.45, 2.75) is 32.1 Å². The number of anilines is 1. The Labute approximate surface area is 196 Å². The van der Waals surface area contributed by atoms with Gasteiger partial charge in [0, 0.05) is 27.9 Å². The number of aryl methyl sites for hydroxylation is 1. The lowest BCUT2D eigenvalue weighted by Crippen LogP contribution is -2.41. The first kappa shape index (κ1) is 22.2. The number of hydrogen-bond donors (Lipinski definition) is 1. The molecule has 0 saturated carbocycles. The number of amides is 1. The summed E-state index contributed by atoms with van der Waals surface area (Å²) in [5.41, 5.74) is 3.36.